The van der Waals surface area contributed by atoms with E-state index in [9.17, 15) is 5.11 Å². The van der Waals surface area contributed by atoms with Crippen molar-refractivity contribution in [1.82, 2.24) is 10.3 Å². The van der Waals surface area contributed by atoms with Crippen LogP contribution in [0.2, 0.25) is 0 Å². The van der Waals surface area contributed by atoms with E-state index in [1.807, 2.05) is 13.0 Å². The third kappa shape index (κ3) is 2.18. The Bertz CT molecular complexity index is 341. The highest BCUT2D eigenvalue weighted by Crippen LogP contribution is 2.28. The second kappa shape index (κ2) is 4.80. The molecule has 1 fully saturated rings. The molecule has 0 spiro atoms. The molecular weight excluding hydrogens is 202 g/mol. The summed E-state index contributed by atoms with van der Waals surface area (Å²) in [6, 6.07) is 2.00. The first-order valence-corrected chi connectivity index (χ1v) is 5.82. The van der Waals surface area contributed by atoms with Crippen molar-refractivity contribution in [2.45, 2.75) is 38.3 Å². The SMILES string of the molecule is Cc1ccnc(N)c1C(O)C1CCCCN1. The largest absolute Gasteiger partial charge is 0.387 e. The molecule has 0 radical (unpaired) electrons. The van der Waals surface area contributed by atoms with Gasteiger partial charge in [-0.3, -0.25) is 0 Å². The number of piperidine rings is 1. The Kier molecular flexibility index (Phi) is 3.41. The van der Waals surface area contributed by atoms with Crippen LogP contribution in [0.25, 0.3) is 0 Å². The lowest BCUT2D eigenvalue weighted by Crippen LogP contribution is -2.39. The smallest absolute Gasteiger partial charge is 0.129 e. The van der Waals surface area contributed by atoms with Gasteiger partial charge >= 0.3 is 0 Å². The fourth-order valence-corrected chi connectivity index (χ4v) is 2.32. The van der Waals surface area contributed by atoms with Crippen molar-refractivity contribution < 1.29 is 5.11 Å². The second-order valence-electron chi connectivity index (χ2n) is 4.43. The molecule has 2 atom stereocenters. The normalized spacial score (nSPS) is 23.0. The predicted octanol–water partition coefficient (Wildman–Crippen LogP) is 1.15. The first-order chi connectivity index (χ1) is 7.70. The Morgan fingerprint density at radius 1 is 1.56 bits per heavy atom. The highest BCUT2D eigenvalue weighted by molar-refractivity contribution is 5.45. The molecule has 0 amide bonds. The maximum absolute atomic E-state index is 10.3. The van der Waals surface area contributed by atoms with Gasteiger partial charge in [-0.05, 0) is 37.9 Å². The summed E-state index contributed by atoms with van der Waals surface area (Å²) in [6.07, 6.45) is 4.47. The van der Waals surface area contributed by atoms with Crippen molar-refractivity contribution in [2.75, 3.05) is 12.3 Å². The standard InChI is InChI=1S/C12H19N3O/c1-8-5-7-15-12(13)10(8)11(16)9-4-2-3-6-14-9/h5,7,9,11,14,16H,2-4,6H2,1H3,(H2,13,15). The summed E-state index contributed by atoms with van der Waals surface area (Å²) in [5.74, 6) is 0.444. The summed E-state index contributed by atoms with van der Waals surface area (Å²) in [6.45, 7) is 2.93. The van der Waals surface area contributed by atoms with Crippen molar-refractivity contribution in [2.24, 2.45) is 0 Å². The zero-order valence-corrected chi connectivity index (χ0v) is 9.61. The molecule has 1 saturated heterocycles. The molecule has 4 N–H and O–H groups in total. The molecule has 4 heteroatoms. The number of pyridine rings is 1. The summed E-state index contributed by atoms with van der Waals surface area (Å²) in [5.41, 5.74) is 7.62. The van der Waals surface area contributed by atoms with E-state index in [2.05, 4.69) is 10.3 Å². The average Bonchev–Trinajstić information content (AvgIpc) is 2.30. The van der Waals surface area contributed by atoms with Crippen LogP contribution in [0.4, 0.5) is 5.82 Å². The molecule has 16 heavy (non-hydrogen) atoms. The molecule has 1 aromatic rings. The first-order valence-electron chi connectivity index (χ1n) is 5.82. The zero-order valence-electron chi connectivity index (χ0n) is 9.61. The Labute approximate surface area is 95.9 Å². The number of anilines is 1. The summed E-state index contributed by atoms with van der Waals surface area (Å²) < 4.78 is 0. The zero-order chi connectivity index (χ0) is 11.5. The number of nitrogens with one attached hydrogen (secondary N) is 1. The highest BCUT2D eigenvalue weighted by Gasteiger charge is 2.25. The van der Waals surface area contributed by atoms with Crippen molar-refractivity contribution in [3.8, 4) is 0 Å². The Morgan fingerprint density at radius 2 is 2.38 bits per heavy atom. The second-order valence-corrected chi connectivity index (χ2v) is 4.43. The number of aliphatic hydroxyl groups is 1. The minimum Gasteiger partial charge on any atom is -0.387 e. The van der Waals surface area contributed by atoms with Crippen LogP contribution in [0.3, 0.4) is 0 Å². The molecule has 0 saturated carbocycles. The molecule has 4 nitrogen and oxygen atoms in total. The number of rotatable bonds is 2. The van der Waals surface area contributed by atoms with E-state index in [1.165, 1.54) is 6.42 Å². The van der Waals surface area contributed by atoms with E-state index < -0.39 is 6.10 Å². The van der Waals surface area contributed by atoms with Crippen LogP contribution in [-0.4, -0.2) is 22.7 Å². The number of nitrogens with two attached hydrogens (primary N) is 1. The molecule has 1 aromatic heterocycles. The molecule has 0 bridgehead atoms. The van der Waals surface area contributed by atoms with E-state index in [1.54, 1.807) is 6.20 Å². The summed E-state index contributed by atoms with van der Waals surface area (Å²) >= 11 is 0. The van der Waals surface area contributed by atoms with Gasteiger partial charge < -0.3 is 16.2 Å². The van der Waals surface area contributed by atoms with Crippen LogP contribution in [0.5, 0.6) is 0 Å². The van der Waals surface area contributed by atoms with Crippen molar-refractivity contribution in [3.05, 3.63) is 23.4 Å². The molecule has 2 unspecified atom stereocenters. The van der Waals surface area contributed by atoms with Gasteiger partial charge in [0, 0.05) is 17.8 Å². The van der Waals surface area contributed by atoms with Gasteiger partial charge in [-0.2, -0.15) is 0 Å². The van der Waals surface area contributed by atoms with Crippen molar-refractivity contribution in [1.29, 1.82) is 0 Å². The Balaban J connectivity index is 2.22. The molecule has 2 rings (SSSR count). The maximum Gasteiger partial charge on any atom is 0.129 e. The minimum absolute atomic E-state index is 0.110. The summed E-state index contributed by atoms with van der Waals surface area (Å²) in [5, 5.41) is 13.7. The van der Waals surface area contributed by atoms with Crippen LogP contribution >= 0.6 is 0 Å². The van der Waals surface area contributed by atoms with Gasteiger partial charge in [0.25, 0.3) is 0 Å². The van der Waals surface area contributed by atoms with Crippen LogP contribution < -0.4 is 11.1 Å². The number of aromatic nitrogens is 1. The third-order valence-electron chi connectivity index (χ3n) is 3.26. The molecule has 0 aliphatic carbocycles. The monoisotopic (exact) mass is 221 g/mol. The number of hydrogen-bond acceptors (Lipinski definition) is 4. The van der Waals surface area contributed by atoms with Crippen LogP contribution in [0.15, 0.2) is 12.3 Å². The van der Waals surface area contributed by atoms with Crippen LogP contribution in [0, 0.1) is 6.92 Å². The quantitative estimate of drug-likeness (QED) is 0.700. The number of nitrogens with zero attached hydrogens (tertiary/aromatic N) is 1. The lowest BCUT2D eigenvalue weighted by molar-refractivity contribution is 0.113. The number of aliphatic hydroxyl groups excluding tert-OH is 1. The van der Waals surface area contributed by atoms with Gasteiger partial charge in [0.05, 0.1) is 6.10 Å². The van der Waals surface area contributed by atoms with E-state index >= 15 is 0 Å². The minimum atomic E-state index is -0.547. The predicted molar refractivity (Wildman–Crippen MR) is 64.0 cm³/mol. The molecule has 1 aliphatic heterocycles. The molecule has 1 aliphatic rings. The van der Waals surface area contributed by atoms with Gasteiger partial charge in [0.2, 0.25) is 0 Å². The highest BCUT2D eigenvalue weighted by atomic mass is 16.3. The average molecular weight is 221 g/mol. The summed E-state index contributed by atoms with van der Waals surface area (Å²) in [4.78, 5) is 4.05. The number of nitrogen functional groups attached to an aromatic ring is 1. The number of hydrogen-bond donors (Lipinski definition) is 3. The van der Waals surface area contributed by atoms with Crippen molar-refractivity contribution >= 4 is 5.82 Å². The lowest BCUT2D eigenvalue weighted by atomic mass is 9.93. The Hall–Kier alpha value is -1.13. The first kappa shape index (κ1) is 11.4. The fraction of sp³-hybridized carbons (Fsp3) is 0.583. The van der Waals surface area contributed by atoms with Crippen LogP contribution in [-0.2, 0) is 0 Å². The van der Waals surface area contributed by atoms with E-state index in [-0.39, 0.29) is 6.04 Å². The third-order valence-corrected chi connectivity index (χ3v) is 3.26. The molecule has 2 heterocycles. The van der Waals surface area contributed by atoms with Crippen molar-refractivity contribution in [3.63, 3.8) is 0 Å². The van der Waals surface area contributed by atoms with Gasteiger partial charge in [0.15, 0.2) is 0 Å². The molecular formula is C12H19N3O. The van der Waals surface area contributed by atoms with Gasteiger partial charge in [-0.25, -0.2) is 4.98 Å². The van der Waals surface area contributed by atoms with Gasteiger partial charge in [0.1, 0.15) is 5.82 Å². The van der Waals surface area contributed by atoms with Gasteiger partial charge in [-0.1, -0.05) is 6.42 Å². The lowest BCUT2D eigenvalue weighted by Gasteiger charge is -2.29. The Morgan fingerprint density at radius 3 is 3.00 bits per heavy atom. The topological polar surface area (TPSA) is 71.2 Å². The molecule has 0 aromatic carbocycles. The maximum atomic E-state index is 10.3. The molecule has 88 valence electrons. The van der Waals surface area contributed by atoms with Crippen LogP contribution in [0.1, 0.15) is 36.5 Å². The van der Waals surface area contributed by atoms with E-state index in [4.69, 9.17) is 5.73 Å². The van der Waals surface area contributed by atoms with E-state index in [0.717, 1.165) is 30.5 Å². The fourth-order valence-electron chi connectivity index (χ4n) is 2.32. The van der Waals surface area contributed by atoms with E-state index in [0.29, 0.717) is 5.82 Å². The summed E-state index contributed by atoms with van der Waals surface area (Å²) in [7, 11) is 0. The number of aryl methyl sites for hydroxylation is 1. The van der Waals surface area contributed by atoms with Gasteiger partial charge in [-0.15, -0.1) is 0 Å².